The van der Waals surface area contributed by atoms with Crippen molar-refractivity contribution in [3.8, 4) is 5.75 Å². The molecule has 0 saturated heterocycles. The van der Waals surface area contributed by atoms with E-state index < -0.39 is 5.97 Å². The van der Waals surface area contributed by atoms with E-state index in [0.29, 0.717) is 25.1 Å². The van der Waals surface area contributed by atoms with E-state index in [9.17, 15) is 9.59 Å². The van der Waals surface area contributed by atoms with Crippen LogP contribution < -0.4 is 10.1 Å². The van der Waals surface area contributed by atoms with Crippen molar-refractivity contribution in [3.05, 3.63) is 59.4 Å². The molecule has 2 N–H and O–H groups in total. The molecule has 24 heavy (non-hydrogen) atoms. The van der Waals surface area contributed by atoms with Crippen molar-refractivity contribution in [1.82, 2.24) is 10.3 Å². The Labute approximate surface area is 140 Å². The number of hydrogen-bond acceptors (Lipinski definition) is 4. The van der Waals surface area contributed by atoms with E-state index in [2.05, 4.69) is 10.3 Å². The molecule has 0 saturated carbocycles. The Balaban J connectivity index is 1.79. The normalized spacial score (nSPS) is 10.2. The molecule has 1 heterocycles. The monoisotopic (exact) mass is 328 g/mol. The van der Waals surface area contributed by atoms with Gasteiger partial charge in [-0.1, -0.05) is 12.1 Å². The number of aryl methyl sites for hydroxylation is 1. The topological polar surface area (TPSA) is 88.5 Å². The highest BCUT2D eigenvalue weighted by molar-refractivity contribution is 5.87. The van der Waals surface area contributed by atoms with Crippen LogP contribution in [-0.2, 0) is 17.8 Å². The van der Waals surface area contributed by atoms with E-state index in [1.807, 2.05) is 31.2 Å². The minimum Gasteiger partial charge on any atom is -0.494 e. The van der Waals surface area contributed by atoms with Crippen LogP contribution in [-0.4, -0.2) is 28.6 Å². The van der Waals surface area contributed by atoms with Crippen LogP contribution >= 0.6 is 0 Å². The van der Waals surface area contributed by atoms with Gasteiger partial charge in [-0.25, -0.2) is 4.79 Å². The van der Waals surface area contributed by atoms with Gasteiger partial charge in [0.05, 0.1) is 24.4 Å². The van der Waals surface area contributed by atoms with E-state index in [1.54, 1.807) is 0 Å². The fourth-order valence-electron chi connectivity index (χ4n) is 2.16. The minimum absolute atomic E-state index is 0.105. The van der Waals surface area contributed by atoms with Crippen LogP contribution in [0.5, 0.6) is 5.75 Å². The van der Waals surface area contributed by atoms with E-state index in [4.69, 9.17) is 9.84 Å². The average Bonchev–Trinajstić information content (AvgIpc) is 2.60. The molecule has 2 aromatic rings. The third-order valence-corrected chi connectivity index (χ3v) is 3.41. The Morgan fingerprint density at radius 3 is 2.62 bits per heavy atom. The first kappa shape index (κ1) is 17.5. The molecule has 2 rings (SSSR count). The van der Waals surface area contributed by atoms with Gasteiger partial charge >= 0.3 is 5.97 Å². The summed E-state index contributed by atoms with van der Waals surface area (Å²) < 4.78 is 5.37. The zero-order chi connectivity index (χ0) is 17.4. The summed E-state index contributed by atoms with van der Waals surface area (Å²) in [6.45, 7) is 2.77. The lowest BCUT2D eigenvalue weighted by atomic mass is 10.1. The summed E-state index contributed by atoms with van der Waals surface area (Å²) in [7, 11) is 0. The number of nitrogens with zero attached hydrogens (tertiary/aromatic N) is 1. The van der Waals surface area contributed by atoms with Gasteiger partial charge in [-0.15, -0.1) is 0 Å². The van der Waals surface area contributed by atoms with Crippen molar-refractivity contribution in [2.24, 2.45) is 0 Å². The highest BCUT2D eigenvalue weighted by Gasteiger charge is 2.06. The zero-order valence-corrected chi connectivity index (χ0v) is 13.5. The molecule has 126 valence electrons. The predicted octanol–water partition coefficient (Wildman–Crippen LogP) is 2.43. The maximum absolute atomic E-state index is 11.9. The van der Waals surface area contributed by atoms with Gasteiger partial charge in [0.2, 0.25) is 5.91 Å². The predicted molar refractivity (Wildman–Crippen MR) is 89.0 cm³/mol. The summed E-state index contributed by atoms with van der Waals surface area (Å²) in [5.41, 5.74) is 1.73. The van der Waals surface area contributed by atoms with Crippen molar-refractivity contribution in [2.75, 3.05) is 6.61 Å². The second kappa shape index (κ2) is 8.67. The molecule has 0 atom stereocenters. The molecule has 1 amide bonds. The number of amides is 1. The first-order chi connectivity index (χ1) is 11.6. The van der Waals surface area contributed by atoms with Crippen molar-refractivity contribution in [2.45, 2.75) is 26.3 Å². The number of ether oxygens (including phenoxy) is 1. The van der Waals surface area contributed by atoms with E-state index in [-0.39, 0.29) is 18.0 Å². The van der Waals surface area contributed by atoms with E-state index in [1.165, 1.54) is 18.3 Å². The molecule has 0 unspecified atom stereocenters. The molecule has 0 bridgehead atoms. The van der Waals surface area contributed by atoms with Gasteiger partial charge in [0, 0.05) is 12.6 Å². The Hall–Kier alpha value is -2.89. The minimum atomic E-state index is -1.01. The third-order valence-electron chi connectivity index (χ3n) is 3.41. The Morgan fingerprint density at radius 2 is 1.96 bits per heavy atom. The lowest BCUT2D eigenvalue weighted by Crippen LogP contribution is -2.23. The van der Waals surface area contributed by atoms with Gasteiger partial charge < -0.3 is 15.2 Å². The van der Waals surface area contributed by atoms with Gasteiger partial charge in [0.1, 0.15) is 5.75 Å². The molecule has 0 spiro atoms. The molecule has 1 aromatic carbocycles. The lowest BCUT2D eigenvalue weighted by molar-refractivity contribution is -0.121. The molecule has 1 aromatic heterocycles. The number of pyridine rings is 1. The van der Waals surface area contributed by atoms with Gasteiger partial charge in [-0.3, -0.25) is 9.78 Å². The smallest absolute Gasteiger partial charge is 0.335 e. The number of carbonyl (C=O) groups excluding carboxylic acids is 1. The van der Waals surface area contributed by atoms with Crippen LogP contribution in [0, 0.1) is 0 Å². The van der Waals surface area contributed by atoms with Crippen LogP contribution in [0.1, 0.15) is 35.0 Å². The Kier molecular flexibility index (Phi) is 6.31. The number of carboxylic acids is 1. The molecule has 0 aliphatic heterocycles. The number of nitrogens with one attached hydrogen (secondary N) is 1. The summed E-state index contributed by atoms with van der Waals surface area (Å²) in [5, 5.41) is 11.7. The maximum Gasteiger partial charge on any atom is 0.335 e. The molecule has 0 radical (unpaired) electrons. The highest BCUT2D eigenvalue weighted by Crippen LogP contribution is 2.13. The van der Waals surface area contributed by atoms with Crippen LogP contribution in [0.2, 0.25) is 0 Å². The molecule has 0 fully saturated rings. The second-order valence-electron chi connectivity index (χ2n) is 5.19. The van der Waals surface area contributed by atoms with Crippen molar-refractivity contribution in [1.29, 1.82) is 0 Å². The van der Waals surface area contributed by atoms with E-state index in [0.717, 1.165) is 11.3 Å². The Morgan fingerprint density at radius 1 is 1.21 bits per heavy atom. The van der Waals surface area contributed by atoms with Crippen LogP contribution in [0.25, 0.3) is 0 Å². The van der Waals surface area contributed by atoms with Crippen LogP contribution in [0.3, 0.4) is 0 Å². The summed E-state index contributed by atoms with van der Waals surface area (Å²) >= 11 is 0. The van der Waals surface area contributed by atoms with Gasteiger partial charge in [-0.2, -0.15) is 0 Å². The number of rotatable bonds is 8. The molecule has 6 heteroatoms. The summed E-state index contributed by atoms with van der Waals surface area (Å²) in [5.74, 6) is -0.304. The molecule has 0 aliphatic rings. The largest absolute Gasteiger partial charge is 0.494 e. The fraction of sp³-hybridized carbons (Fsp3) is 0.278. The van der Waals surface area contributed by atoms with Crippen molar-refractivity contribution in [3.63, 3.8) is 0 Å². The van der Waals surface area contributed by atoms with Crippen LogP contribution in [0.15, 0.2) is 42.6 Å². The van der Waals surface area contributed by atoms with Gasteiger partial charge in [0.25, 0.3) is 0 Å². The van der Waals surface area contributed by atoms with Gasteiger partial charge in [-0.05, 0) is 43.2 Å². The number of aromatic carboxylic acids is 1. The lowest BCUT2D eigenvalue weighted by Gasteiger charge is -2.07. The molecule has 0 aliphatic carbocycles. The quantitative estimate of drug-likeness (QED) is 0.777. The standard InChI is InChI=1S/C18H20N2O4/c1-2-24-16-6-3-13(4-7-16)5-8-17(21)20-12-15-11-14(18(22)23)9-10-19-15/h3-4,6-7,9-11H,2,5,8,12H2,1H3,(H,20,21)(H,22,23). The van der Waals surface area contributed by atoms with Crippen molar-refractivity contribution < 1.29 is 19.4 Å². The fourth-order valence-corrected chi connectivity index (χ4v) is 2.16. The average molecular weight is 328 g/mol. The Bertz CT molecular complexity index is 698. The van der Waals surface area contributed by atoms with Crippen molar-refractivity contribution >= 4 is 11.9 Å². The number of carboxylic acid groups (broad SMARTS) is 1. The molecular weight excluding hydrogens is 308 g/mol. The van der Waals surface area contributed by atoms with Gasteiger partial charge in [0.15, 0.2) is 0 Å². The number of carbonyl (C=O) groups is 2. The summed E-state index contributed by atoms with van der Waals surface area (Å²) in [4.78, 5) is 26.8. The molecule has 6 nitrogen and oxygen atoms in total. The van der Waals surface area contributed by atoms with Crippen LogP contribution in [0.4, 0.5) is 0 Å². The zero-order valence-electron chi connectivity index (χ0n) is 13.5. The number of benzene rings is 1. The maximum atomic E-state index is 11.9. The van der Waals surface area contributed by atoms with E-state index >= 15 is 0 Å². The second-order valence-corrected chi connectivity index (χ2v) is 5.19. The highest BCUT2D eigenvalue weighted by atomic mass is 16.5. The number of aromatic nitrogens is 1. The SMILES string of the molecule is CCOc1ccc(CCC(=O)NCc2cc(C(=O)O)ccn2)cc1. The first-order valence-electron chi connectivity index (χ1n) is 7.75. The summed E-state index contributed by atoms with van der Waals surface area (Å²) in [6.07, 6.45) is 2.40. The third kappa shape index (κ3) is 5.39. The first-order valence-corrected chi connectivity index (χ1v) is 7.75. The number of hydrogen-bond donors (Lipinski definition) is 2. The molecular formula is C18H20N2O4. The summed E-state index contributed by atoms with van der Waals surface area (Å²) in [6, 6.07) is 10.5.